The number of ether oxygens (including phenoxy) is 3. The predicted octanol–water partition coefficient (Wildman–Crippen LogP) is 2.37. The molecule has 0 amide bonds. The van der Waals surface area contributed by atoms with Crippen molar-refractivity contribution in [3.05, 3.63) is 29.8 Å². The predicted molar refractivity (Wildman–Crippen MR) is 87.1 cm³/mol. The van der Waals surface area contributed by atoms with Crippen LogP contribution in [0.3, 0.4) is 0 Å². The Morgan fingerprint density at radius 3 is 2.48 bits per heavy atom. The zero-order chi connectivity index (χ0) is 17.0. The lowest BCUT2D eigenvalue weighted by Gasteiger charge is -2.40. The van der Waals surface area contributed by atoms with Gasteiger partial charge < -0.3 is 24.4 Å². The van der Waals surface area contributed by atoms with Gasteiger partial charge in [-0.1, -0.05) is 32.9 Å². The summed E-state index contributed by atoms with van der Waals surface area (Å²) < 4.78 is 17.1. The van der Waals surface area contributed by atoms with Crippen LogP contribution >= 0.6 is 0 Å². The Hall–Kier alpha value is -1.14. The summed E-state index contributed by atoms with van der Waals surface area (Å²) in [6, 6.07) is 7.60. The molecular formula is C18H28O5. The lowest BCUT2D eigenvalue weighted by molar-refractivity contribution is -0.257. The lowest BCUT2D eigenvalue weighted by atomic mass is 9.84. The topological polar surface area (TPSA) is 68.2 Å². The van der Waals surface area contributed by atoms with Crippen LogP contribution in [0.1, 0.15) is 32.6 Å². The summed E-state index contributed by atoms with van der Waals surface area (Å²) in [5.74, 6) is 0.704. The van der Waals surface area contributed by atoms with Crippen molar-refractivity contribution in [3.63, 3.8) is 0 Å². The molecule has 1 saturated heterocycles. The molecule has 2 rings (SSSR count). The van der Waals surface area contributed by atoms with E-state index in [1.54, 1.807) is 7.11 Å². The van der Waals surface area contributed by atoms with Gasteiger partial charge in [-0.05, 0) is 12.1 Å². The summed E-state index contributed by atoms with van der Waals surface area (Å²) in [6.45, 7) is 6.40. The highest BCUT2D eigenvalue weighted by Gasteiger charge is 2.37. The largest absolute Gasteiger partial charge is 0.497 e. The third-order valence-corrected chi connectivity index (χ3v) is 4.67. The van der Waals surface area contributed by atoms with Gasteiger partial charge in [0, 0.05) is 29.9 Å². The number of benzene rings is 1. The Bertz CT molecular complexity index is 475. The molecule has 0 saturated carbocycles. The number of aliphatic hydroxyl groups excluding tert-OH is 2. The molecule has 0 aromatic heterocycles. The molecule has 6 atom stereocenters. The SMILES string of the molecule is COc1ccc([C@@H]2OC[C@H](C)[C@H]([C@H](C)[C@@H](O)[C@@H](C)CO)O2)cc1. The standard InChI is InChI=1S/C18H28O5/c1-11(9-19)16(20)13(3)17-12(2)10-22-18(23-17)14-5-7-15(21-4)8-6-14/h5-8,11-13,16-20H,9-10H2,1-4H3/t11-,12-,13+,16-,17+,18+/m0/s1. The van der Waals surface area contributed by atoms with Crippen LogP contribution in [-0.4, -0.2) is 42.7 Å². The monoisotopic (exact) mass is 324 g/mol. The van der Waals surface area contributed by atoms with Gasteiger partial charge in [0.1, 0.15) is 5.75 Å². The first-order valence-corrected chi connectivity index (χ1v) is 8.17. The van der Waals surface area contributed by atoms with E-state index in [1.807, 2.05) is 38.1 Å². The van der Waals surface area contributed by atoms with E-state index < -0.39 is 12.4 Å². The first kappa shape index (κ1) is 18.2. The fourth-order valence-corrected chi connectivity index (χ4v) is 3.05. The molecule has 1 aliphatic heterocycles. The highest BCUT2D eigenvalue weighted by atomic mass is 16.7. The van der Waals surface area contributed by atoms with Gasteiger partial charge >= 0.3 is 0 Å². The van der Waals surface area contributed by atoms with Crippen molar-refractivity contribution in [2.75, 3.05) is 20.3 Å². The molecule has 1 fully saturated rings. The maximum atomic E-state index is 10.4. The molecule has 1 aromatic rings. The number of aliphatic hydroxyl groups is 2. The lowest BCUT2D eigenvalue weighted by Crippen LogP contribution is -2.45. The fraction of sp³-hybridized carbons (Fsp3) is 0.667. The quantitative estimate of drug-likeness (QED) is 0.841. The molecule has 5 heteroatoms. The molecule has 0 aliphatic carbocycles. The van der Waals surface area contributed by atoms with Crippen LogP contribution in [0, 0.1) is 17.8 Å². The van der Waals surface area contributed by atoms with Crippen LogP contribution < -0.4 is 4.74 Å². The highest BCUT2D eigenvalue weighted by molar-refractivity contribution is 5.28. The van der Waals surface area contributed by atoms with E-state index in [0.717, 1.165) is 11.3 Å². The third-order valence-electron chi connectivity index (χ3n) is 4.67. The number of hydrogen-bond donors (Lipinski definition) is 2. The summed E-state index contributed by atoms with van der Waals surface area (Å²) >= 11 is 0. The second-order valence-corrected chi connectivity index (χ2v) is 6.53. The minimum Gasteiger partial charge on any atom is -0.497 e. The summed E-state index contributed by atoms with van der Waals surface area (Å²) in [5, 5.41) is 19.6. The third kappa shape index (κ3) is 4.23. The average molecular weight is 324 g/mol. The van der Waals surface area contributed by atoms with Gasteiger partial charge in [0.2, 0.25) is 0 Å². The highest BCUT2D eigenvalue weighted by Crippen LogP contribution is 2.35. The zero-order valence-electron chi connectivity index (χ0n) is 14.3. The zero-order valence-corrected chi connectivity index (χ0v) is 14.3. The minimum atomic E-state index is -0.609. The van der Waals surface area contributed by atoms with Gasteiger partial charge in [-0.3, -0.25) is 0 Å². The molecule has 0 spiro atoms. The van der Waals surface area contributed by atoms with Crippen LogP contribution in [-0.2, 0) is 9.47 Å². The smallest absolute Gasteiger partial charge is 0.184 e. The van der Waals surface area contributed by atoms with Crippen LogP contribution in [0.5, 0.6) is 5.75 Å². The van der Waals surface area contributed by atoms with E-state index in [9.17, 15) is 10.2 Å². The van der Waals surface area contributed by atoms with Crippen LogP contribution in [0.2, 0.25) is 0 Å². The molecule has 23 heavy (non-hydrogen) atoms. The number of rotatable bonds is 6. The van der Waals surface area contributed by atoms with Gasteiger partial charge in [-0.2, -0.15) is 0 Å². The molecule has 5 nitrogen and oxygen atoms in total. The molecule has 0 bridgehead atoms. The van der Waals surface area contributed by atoms with Crippen molar-refractivity contribution in [1.82, 2.24) is 0 Å². The Balaban J connectivity index is 2.08. The second-order valence-electron chi connectivity index (χ2n) is 6.53. The molecule has 1 aliphatic rings. The Morgan fingerprint density at radius 2 is 1.91 bits per heavy atom. The van der Waals surface area contributed by atoms with Crippen molar-refractivity contribution in [1.29, 1.82) is 0 Å². The summed E-state index contributed by atoms with van der Waals surface area (Å²) in [5.41, 5.74) is 0.930. The van der Waals surface area contributed by atoms with Crippen LogP contribution in [0.25, 0.3) is 0 Å². The Labute approximate surface area is 138 Å². The van der Waals surface area contributed by atoms with Crippen molar-refractivity contribution < 1.29 is 24.4 Å². The fourth-order valence-electron chi connectivity index (χ4n) is 3.05. The van der Waals surface area contributed by atoms with E-state index in [-0.39, 0.29) is 30.5 Å². The molecule has 0 radical (unpaired) electrons. The summed E-state index contributed by atoms with van der Waals surface area (Å²) in [6.07, 6.45) is -1.18. The van der Waals surface area contributed by atoms with Crippen molar-refractivity contribution in [2.24, 2.45) is 17.8 Å². The average Bonchev–Trinajstić information content (AvgIpc) is 2.60. The Kier molecular flexibility index (Phi) is 6.41. The van der Waals surface area contributed by atoms with Gasteiger partial charge in [0.05, 0.1) is 25.9 Å². The van der Waals surface area contributed by atoms with Crippen molar-refractivity contribution in [3.8, 4) is 5.75 Å². The maximum absolute atomic E-state index is 10.4. The number of methoxy groups -OCH3 is 1. The first-order valence-electron chi connectivity index (χ1n) is 8.17. The molecule has 2 N–H and O–H groups in total. The number of hydrogen-bond acceptors (Lipinski definition) is 5. The van der Waals surface area contributed by atoms with Gasteiger partial charge in [-0.15, -0.1) is 0 Å². The van der Waals surface area contributed by atoms with E-state index in [1.165, 1.54) is 0 Å². The van der Waals surface area contributed by atoms with Crippen LogP contribution in [0.15, 0.2) is 24.3 Å². The molecule has 0 unspecified atom stereocenters. The van der Waals surface area contributed by atoms with Crippen molar-refractivity contribution in [2.45, 2.75) is 39.3 Å². The molecule has 130 valence electrons. The van der Waals surface area contributed by atoms with E-state index in [4.69, 9.17) is 14.2 Å². The maximum Gasteiger partial charge on any atom is 0.184 e. The van der Waals surface area contributed by atoms with Gasteiger partial charge in [0.25, 0.3) is 0 Å². The van der Waals surface area contributed by atoms with Crippen molar-refractivity contribution >= 4 is 0 Å². The minimum absolute atomic E-state index is 0.0367. The van der Waals surface area contributed by atoms with Gasteiger partial charge in [0.15, 0.2) is 6.29 Å². The summed E-state index contributed by atoms with van der Waals surface area (Å²) in [4.78, 5) is 0. The van der Waals surface area contributed by atoms with E-state index >= 15 is 0 Å². The van der Waals surface area contributed by atoms with Gasteiger partial charge in [-0.25, -0.2) is 0 Å². The second kappa shape index (κ2) is 8.11. The van der Waals surface area contributed by atoms with Crippen LogP contribution in [0.4, 0.5) is 0 Å². The molecule has 1 heterocycles. The first-order chi connectivity index (χ1) is 11.0. The van der Waals surface area contributed by atoms with E-state index in [2.05, 4.69) is 6.92 Å². The molecular weight excluding hydrogens is 296 g/mol. The normalized spacial score (nSPS) is 28.9. The van der Waals surface area contributed by atoms with E-state index in [0.29, 0.717) is 6.61 Å². The Morgan fingerprint density at radius 1 is 1.26 bits per heavy atom. The summed E-state index contributed by atoms with van der Waals surface area (Å²) in [7, 11) is 1.63. The molecule has 1 aromatic carbocycles.